The van der Waals surface area contributed by atoms with Crippen LogP contribution in [0, 0.1) is 5.92 Å². The molecule has 1 aliphatic heterocycles. The maximum absolute atomic E-state index is 9.39. The van der Waals surface area contributed by atoms with Crippen molar-refractivity contribution in [1.29, 1.82) is 0 Å². The zero-order chi connectivity index (χ0) is 11.4. The third-order valence-electron chi connectivity index (χ3n) is 3.18. The van der Waals surface area contributed by atoms with Gasteiger partial charge in [-0.25, -0.2) is 0 Å². The number of likely N-dealkylation sites (tertiary alicyclic amines) is 1. The summed E-state index contributed by atoms with van der Waals surface area (Å²) < 4.78 is 0. The normalized spacial score (nSPS) is 21.4. The highest BCUT2D eigenvalue weighted by atomic mass is 16.3. The molecular weight excluding hydrogens is 200 g/mol. The molecule has 0 bridgehead atoms. The van der Waals surface area contributed by atoms with E-state index < -0.39 is 0 Å². The molecular formula is C13H20N2O. The molecule has 1 aliphatic rings. The van der Waals surface area contributed by atoms with Crippen LogP contribution < -0.4 is 5.32 Å². The molecule has 16 heavy (non-hydrogen) atoms. The summed E-state index contributed by atoms with van der Waals surface area (Å²) in [4.78, 5) is 2.46. The molecule has 0 aromatic heterocycles. The summed E-state index contributed by atoms with van der Waals surface area (Å²) in [7, 11) is 2.01. The Balaban J connectivity index is 1.87. The molecule has 1 fully saturated rings. The van der Waals surface area contributed by atoms with Gasteiger partial charge in [-0.1, -0.05) is 12.1 Å². The minimum absolute atomic E-state index is 0.364. The molecule has 2 rings (SSSR count). The Hall–Kier alpha value is -1.06. The number of hydrogen-bond acceptors (Lipinski definition) is 3. The maximum Gasteiger partial charge on any atom is 0.115 e. The summed E-state index contributed by atoms with van der Waals surface area (Å²) in [5.74, 6) is 1.14. The number of phenols is 1. The van der Waals surface area contributed by atoms with Gasteiger partial charge in [0.15, 0.2) is 0 Å². The Kier molecular flexibility index (Phi) is 3.80. The van der Waals surface area contributed by atoms with E-state index in [0.29, 0.717) is 5.75 Å². The molecule has 1 heterocycles. The van der Waals surface area contributed by atoms with Crippen molar-refractivity contribution in [2.24, 2.45) is 5.92 Å². The molecule has 0 aliphatic carbocycles. The molecule has 1 aromatic carbocycles. The summed E-state index contributed by atoms with van der Waals surface area (Å²) in [6.45, 7) is 4.39. The third kappa shape index (κ3) is 2.97. The van der Waals surface area contributed by atoms with Crippen LogP contribution in [0.1, 0.15) is 12.0 Å². The van der Waals surface area contributed by atoms with E-state index >= 15 is 0 Å². The van der Waals surface area contributed by atoms with Crippen LogP contribution in [0.3, 0.4) is 0 Å². The van der Waals surface area contributed by atoms with Gasteiger partial charge in [-0.2, -0.15) is 0 Å². The van der Waals surface area contributed by atoms with Crippen molar-refractivity contribution in [3.05, 3.63) is 29.8 Å². The first-order valence-corrected chi connectivity index (χ1v) is 5.93. The van der Waals surface area contributed by atoms with E-state index in [1.165, 1.54) is 18.5 Å². The molecule has 88 valence electrons. The van der Waals surface area contributed by atoms with E-state index in [-0.39, 0.29) is 0 Å². The Bertz CT molecular complexity index is 340. The zero-order valence-corrected chi connectivity index (χ0v) is 9.82. The van der Waals surface area contributed by atoms with Crippen LogP contribution in [0.5, 0.6) is 5.75 Å². The van der Waals surface area contributed by atoms with Crippen molar-refractivity contribution in [2.45, 2.75) is 13.0 Å². The molecule has 1 aromatic rings. The van der Waals surface area contributed by atoms with Crippen molar-refractivity contribution >= 4 is 0 Å². The van der Waals surface area contributed by atoms with Crippen LogP contribution in [0.25, 0.3) is 0 Å². The molecule has 3 heteroatoms. The number of aromatic hydroxyl groups is 1. The van der Waals surface area contributed by atoms with Crippen molar-refractivity contribution in [1.82, 2.24) is 10.2 Å². The summed E-state index contributed by atoms with van der Waals surface area (Å²) >= 11 is 0. The minimum Gasteiger partial charge on any atom is -0.508 e. The largest absolute Gasteiger partial charge is 0.508 e. The quantitative estimate of drug-likeness (QED) is 0.806. The van der Waals surface area contributed by atoms with E-state index in [1.807, 2.05) is 19.2 Å². The second-order valence-corrected chi connectivity index (χ2v) is 4.62. The van der Waals surface area contributed by atoms with Crippen LogP contribution in [0.2, 0.25) is 0 Å². The van der Waals surface area contributed by atoms with Crippen molar-refractivity contribution in [3.8, 4) is 5.75 Å². The Morgan fingerprint density at radius 1 is 1.50 bits per heavy atom. The summed E-state index contributed by atoms with van der Waals surface area (Å²) in [6, 6.07) is 7.56. The topological polar surface area (TPSA) is 35.5 Å². The predicted octanol–water partition coefficient (Wildman–Crippen LogP) is 1.43. The van der Waals surface area contributed by atoms with E-state index in [2.05, 4.69) is 16.3 Å². The average Bonchev–Trinajstić information content (AvgIpc) is 2.66. The van der Waals surface area contributed by atoms with Crippen LogP contribution in [0.15, 0.2) is 24.3 Å². The van der Waals surface area contributed by atoms with Gasteiger partial charge in [-0.3, -0.25) is 4.90 Å². The Morgan fingerprint density at radius 2 is 2.38 bits per heavy atom. The van der Waals surface area contributed by atoms with E-state index in [9.17, 15) is 5.11 Å². The lowest BCUT2D eigenvalue weighted by atomic mass is 10.1. The minimum atomic E-state index is 0.364. The average molecular weight is 220 g/mol. The third-order valence-corrected chi connectivity index (χ3v) is 3.18. The fourth-order valence-corrected chi connectivity index (χ4v) is 2.42. The highest BCUT2D eigenvalue weighted by molar-refractivity contribution is 5.27. The van der Waals surface area contributed by atoms with Crippen LogP contribution in [-0.4, -0.2) is 36.7 Å². The van der Waals surface area contributed by atoms with E-state index in [1.54, 1.807) is 6.07 Å². The molecule has 0 radical (unpaired) electrons. The number of nitrogens with one attached hydrogen (secondary N) is 1. The zero-order valence-electron chi connectivity index (χ0n) is 9.82. The van der Waals surface area contributed by atoms with Gasteiger partial charge in [-0.05, 0) is 50.2 Å². The lowest BCUT2D eigenvalue weighted by Crippen LogP contribution is -2.24. The molecule has 1 atom stereocenters. The second-order valence-electron chi connectivity index (χ2n) is 4.62. The van der Waals surface area contributed by atoms with Crippen molar-refractivity contribution in [2.75, 3.05) is 26.7 Å². The number of rotatable bonds is 4. The molecule has 0 spiro atoms. The van der Waals surface area contributed by atoms with Gasteiger partial charge < -0.3 is 10.4 Å². The number of benzene rings is 1. The van der Waals surface area contributed by atoms with Gasteiger partial charge in [0.1, 0.15) is 5.75 Å². The molecule has 0 saturated carbocycles. The number of hydrogen-bond donors (Lipinski definition) is 2. The molecule has 0 amide bonds. The maximum atomic E-state index is 9.39. The van der Waals surface area contributed by atoms with Crippen LogP contribution in [-0.2, 0) is 6.54 Å². The number of phenolic OH excluding ortho intramolecular Hbond substituents is 1. The summed E-state index contributed by atoms with van der Waals surface area (Å²) in [6.07, 6.45) is 1.28. The first-order chi connectivity index (χ1) is 7.78. The van der Waals surface area contributed by atoms with Gasteiger partial charge >= 0.3 is 0 Å². The first-order valence-electron chi connectivity index (χ1n) is 5.93. The lowest BCUT2D eigenvalue weighted by molar-refractivity contribution is 0.315. The van der Waals surface area contributed by atoms with Gasteiger partial charge in [0.2, 0.25) is 0 Å². The monoisotopic (exact) mass is 220 g/mol. The fourth-order valence-electron chi connectivity index (χ4n) is 2.42. The predicted molar refractivity (Wildman–Crippen MR) is 65.4 cm³/mol. The van der Waals surface area contributed by atoms with Gasteiger partial charge in [-0.15, -0.1) is 0 Å². The second kappa shape index (κ2) is 5.32. The molecule has 2 N–H and O–H groups in total. The summed E-state index contributed by atoms with van der Waals surface area (Å²) in [5, 5.41) is 12.6. The summed E-state index contributed by atoms with van der Waals surface area (Å²) in [5.41, 5.74) is 1.20. The van der Waals surface area contributed by atoms with Crippen molar-refractivity contribution in [3.63, 3.8) is 0 Å². The smallest absolute Gasteiger partial charge is 0.115 e. The highest BCUT2D eigenvalue weighted by Crippen LogP contribution is 2.19. The highest BCUT2D eigenvalue weighted by Gasteiger charge is 2.21. The van der Waals surface area contributed by atoms with Crippen LogP contribution in [0.4, 0.5) is 0 Å². The number of nitrogens with zero attached hydrogens (tertiary/aromatic N) is 1. The molecule has 1 unspecified atom stereocenters. The van der Waals surface area contributed by atoms with Crippen LogP contribution >= 0.6 is 0 Å². The van der Waals surface area contributed by atoms with Gasteiger partial charge in [0.05, 0.1) is 0 Å². The first kappa shape index (κ1) is 11.4. The van der Waals surface area contributed by atoms with E-state index in [0.717, 1.165) is 25.6 Å². The lowest BCUT2D eigenvalue weighted by Gasteiger charge is -2.16. The molecule has 1 saturated heterocycles. The Labute approximate surface area is 97.1 Å². The van der Waals surface area contributed by atoms with Gasteiger partial charge in [0, 0.05) is 13.1 Å². The molecule has 3 nitrogen and oxygen atoms in total. The van der Waals surface area contributed by atoms with Gasteiger partial charge in [0.25, 0.3) is 0 Å². The standard InChI is InChI=1S/C13H20N2O/c1-14-8-12-5-6-15(10-12)9-11-3-2-4-13(16)7-11/h2-4,7,12,14,16H,5-6,8-10H2,1H3. The van der Waals surface area contributed by atoms with Crippen molar-refractivity contribution < 1.29 is 5.11 Å². The van der Waals surface area contributed by atoms with E-state index in [4.69, 9.17) is 0 Å². The SMILES string of the molecule is CNCC1CCN(Cc2cccc(O)c2)C1. The Morgan fingerprint density at radius 3 is 3.12 bits per heavy atom. The fraction of sp³-hybridized carbons (Fsp3) is 0.538.